The highest BCUT2D eigenvalue weighted by molar-refractivity contribution is 6.04. The Labute approximate surface area is 66.3 Å². The molecule has 2 nitrogen and oxygen atoms in total. The van der Waals surface area contributed by atoms with Gasteiger partial charge in [-0.15, -0.1) is 0 Å². The Morgan fingerprint density at radius 3 is 2.50 bits per heavy atom. The summed E-state index contributed by atoms with van der Waals surface area (Å²) in [7, 11) is 1.11. The maximum absolute atomic E-state index is 3.49. The van der Waals surface area contributed by atoms with Crippen molar-refractivity contribution in [3.63, 3.8) is 0 Å². The van der Waals surface area contributed by atoms with Gasteiger partial charge in [0.1, 0.15) is 0 Å². The van der Waals surface area contributed by atoms with Crippen molar-refractivity contribution in [2.75, 3.05) is 6.67 Å². The van der Waals surface area contributed by atoms with Gasteiger partial charge in [-0.05, 0) is 12.8 Å². The molecule has 0 aromatic heterocycles. The van der Waals surface area contributed by atoms with Crippen LogP contribution in [-0.2, 0) is 0 Å². The predicted molar refractivity (Wildman–Crippen MR) is 48.0 cm³/mol. The Balaban J connectivity index is 2.02. The minimum atomic E-state index is 0.815. The summed E-state index contributed by atoms with van der Waals surface area (Å²) in [5.41, 5.74) is 0. The monoisotopic (exact) mass is 158 g/mol. The molecule has 0 unspecified atom stereocenters. The molecule has 0 bridgehead atoms. The SMILES string of the molecule is [SiH3]NCNC1CCCCC1. The Morgan fingerprint density at radius 1 is 1.20 bits per heavy atom. The lowest BCUT2D eigenvalue weighted by molar-refractivity contribution is 0.373. The van der Waals surface area contributed by atoms with E-state index in [0.29, 0.717) is 0 Å². The number of hydrogen-bond donors (Lipinski definition) is 2. The van der Waals surface area contributed by atoms with Gasteiger partial charge in [0, 0.05) is 12.7 Å². The molecular weight excluding hydrogens is 140 g/mol. The third-order valence-corrected chi connectivity index (χ3v) is 2.53. The Morgan fingerprint density at radius 2 is 1.90 bits per heavy atom. The van der Waals surface area contributed by atoms with Gasteiger partial charge in [0.25, 0.3) is 0 Å². The summed E-state index contributed by atoms with van der Waals surface area (Å²) in [5, 5.41) is 3.49. The standard InChI is InChI=1S/C7H18N2Si/c10-9-6-8-7-4-2-1-3-5-7/h7-9H,1-6H2,10H3. The molecule has 1 aliphatic rings. The molecule has 1 fully saturated rings. The van der Waals surface area contributed by atoms with Gasteiger partial charge >= 0.3 is 0 Å². The van der Waals surface area contributed by atoms with Crippen LogP contribution in [0.5, 0.6) is 0 Å². The zero-order chi connectivity index (χ0) is 7.23. The van der Waals surface area contributed by atoms with Crippen LogP contribution in [0.15, 0.2) is 0 Å². The second-order valence-electron chi connectivity index (χ2n) is 3.07. The van der Waals surface area contributed by atoms with E-state index in [1.807, 2.05) is 0 Å². The van der Waals surface area contributed by atoms with E-state index in [1.165, 1.54) is 32.1 Å². The van der Waals surface area contributed by atoms with Crippen molar-refractivity contribution < 1.29 is 0 Å². The number of rotatable bonds is 3. The first kappa shape index (κ1) is 8.24. The lowest BCUT2D eigenvalue weighted by Gasteiger charge is -2.22. The van der Waals surface area contributed by atoms with Crippen molar-refractivity contribution in [3.05, 3.63) is 0 Å². The maximum atomic E-state index is 3.49. The van der Waals surface area contributed by atoms with Crippen LogP contribution in [0.1, 0.15) is 32.1 Å². The fourth-order valence-electron chi connectivity index (χ4n) is 1.55. The predicted octanol–water partition coefficient (Wildman–Crippen LogP) is -0.264. The zero-order valence-electron chi connectivity index (χ0n) is 6.82. The molecular formula is C7H18N2Si. The summed E-state index contributed by atoms with van der Waals surface area (Å²) in [6, 6.07) is 0.815. The summed E-state index contributed by atoms with van der Waals surface area (Å²) in [4.78, 5) is 3.24. The Bertz CT molecular complexity index is 81.7. The van der Waals surface area contributed by atoms with E-state index in [4.69, 9.17) is 0 Å². The molecule has 0 aliphatic heterocycles. The molecule has 0 spiro atoms. The Hall–Kier alpha value is 0.137. The van der Waals surface area contributed by atoms with E-state index in [2.05, 4.69) is 10.3 Å². The van der Waals surface area contributed by atoms with Crippen molar-refractivity contribution in [3.8, 4) is 0 Å². The van der Waals surface area contributed by atoms with Crippen LogP contribution in [-0.4, -0.2) is 23.1 Å². The largest absolute Gasteiger partial charge is 0.334 e. The van der Waals surface area contributed by atoms with Gasteiger partial charge in [-0.1, -0.05) is 19.3 Å². The summed E-state index contributed by atoms with van der Waals surface area (Å²) >= 11 is 0. The average Bonchev–Trinajstić information content (AvgIpc) is 2.03. The topological polar surface area (TPSA) is 24.1 Å². The van der Waals surface area contributed by atoms with Gasteiger partial charge in [0.2, 0.25) is 0 Å². The quantitative estimate of drug-likeness (QED) is 0.437. The van der Waals surface area contributed by atoms with E-state index in [-0.39, 0.29) is 0 Å². The summed E-state index contributed by atoms with van der Waals surface area (Å²) in [5.74, 6) is 0. The smallest absolute Gasteiger partial charge is 0.0764 e. The Kier molecular flexibility index (Phi) is 4.02. The molecule has 0 radical (unpaired) electrons. The summed E-state index contributed by atoms with van der Waals surface area (Å²) < 4.78 is 0. The first-order valence-corrected chi connectivity index (χ1v) is 5.31. The van der Waals surface area contributed by atoms with Gasteiger partial charge in [-0.2, -0.15) is 0 Å². The minimum absolute atomic E-state index is 0.815. The van der Waals surface area contributed by atoms with Gasteiger partial charge < -0.3 is 10.3 Å². The van der Waals surface area contributed by atoms with E-state index < -0.39 is 0 Å². The second-order valence-corrected chi connectivity index (χ2v) is 3.78. The average molecular weight is 158 g/mol. The lowest BCUT2D eigenvalue weighted by atomic mass is 9.96. The van der Waals surface area contributed by atoms with Crippen LogP contribution in [0.25, 0.3) is 0 Å². The molecule has 3 heteroatoms. The summed E-state index contributed by atoms with van der Waals surface area (Å²) in [6.45, 7) is 1.02. The zero-order valence-corrected chi connectivity index (χ0v) is 8.82. The van der Waals surface area contributed by atoms with Crippen molar-refractivity contribution in [1.82, 2.24) is 10.3 Å². The normalized spacial score (nSPS) is 21.6. The van der Waals surface area contributed by atoms with Gasteiger partial charge in [0.15, 0.2) is 0 Å². The van der Waals surface area contributed by atoms with Crippen LogP contribution < -0.4 is 10.3 Å². The lowest BCUT2D eigenvalue weighted by Crippen LogP contribution is -2.37. The first-order valence-electron chi connectivity index (χ1n) is 4.31. The van der Waals surface area contributed by atoms with E-state index >= 15 is 0 Å². The summed E-state index contributed by atoms with van der Waals surface area (Å²) in [6.07, 6.45) is 7.09. The number of hydrogen-bond acceptors (Lipinski definition) is 2. The van der Waals surface area contributed by atoms with Crippen molar-refractivity contribution in [2.24, 2.45) is 0 Å². The fraction of sp³-hybridized carbons (Fsp3) is 1.00. The third kappa shape index (κ3) is 2.81. The highest BCUT2D eigenvalue weighted by Gasteiger charge is 2.10. The van der Waals surface area contributed by atoms with Crippen LogP contribution in [0.3, 0.4) is 0 Å². The van der Waals surface area contributed by atoms with Crippen LogP contribution in [0.2, 0.25) is 0 Å². The molecule has 2 N–H and O–H groups in total. The molecule has 0 aromatic rings. The third-order valence-electron chi connectivity index (χ3n) is 2.17. The highest BCUT2D eigenvalue weighted by atomic mass is 28.2. The molecule has 0 atom stereocenters. The molecule has 1 rings (SSSR count). The fourth-order valence-corrected chi connectivity index (χ4v) is 1.76. The van der Waals surface area contributed by atoms with Crippen LogP contribution in [0.4, 0.5) is 0 Å². The van der Waals surface area contributed by atoms with Crippen molar-refractivity contribution in [1.29, 1.82) is 0 Å². The van der Waals surface area contributed by atoms with Crippen LogP contribution >= 0.6 is 0 Å². The molecule has 1 aliphatic carbocycles. The molecule has 60 valence electrons. The van der Waals surface area contributed by atoms with Crippen molar-refractivity contribution >= 4 is 10.4 Å². The van der Waals surface area contributed by atoms with Gasteiger partial charge in [0.05, 0.1) is 10.4 Å². The maximum Gasteiger partial charge on any atom is 0.0764 e. The molecule has 0 heterocycles. The van der Waals surface area contributed by atoms with Crippen LogP contribution in [0, 0.1) is 0 Å². The molecule has 10 heavy (non-hydrogen) atoms. The van der Waals surface area contributed by atoms with E-state index in [9.17, 15) is 0 Å². The van der Waals surface area contributed by atoms with E-state index in [1.54, 1.807) is 0 Å². The minimum Gasteiger partial charge on any atom is -0.334 e. The molecule has 1 saturated carbocycles. The first-order chi connectivity index (χ1) is 4.93. The van der Waals surface area contributed by atoms with E-state index in [0.717, 1.165) is 23.1 Å². The van der Waals surface area contributed by atoms with Gasteiger partial charge in [-0.25, -0.2) is 0 Å². The second kappa shape index (κ2) is 4.88. The molecule has 0 saturated heterocycles. The van der Waals surface area contributed by atoms with Gasteiger partial charge in [-0.3, -0.25) is 0 Å². The molecule has 0 aromatic carbocycles. The van der Waals surface area contributed by atoms with Crippen molar-refractivity contribution in [2.45, 2.75) is 38.1 Å². The highest BCUT2D eigenvalue weighted by Crippen LogP contribution is 2.16. The molecule has 0 amide bonds. The number of nitrogens with one attached hydrogen (secondary N) is 2.